The van der Waals surface area contributed by atoms with Crippen LogP contribution >= 0.6 is 0 Å². The first kappa shape index (κ1) is 12.1. The number of nitrogens with zero attached hydrogens (tertiary/aromatic N) is 4. The second kappa shape index (κ2) is 5.05. The lowest BCUT2D eigenvalue weighted by Crippen LogP contribution is -2.27. The first-order valence-corrected chi connectivity index (χ1v) is 7.11. The molecule has 6 heteroatoms. The Balaban J connectivity index is 1.52. The van der Waals surface area contributed by atoms with Gasteiger partial charge in [0.1, 0.15) is 23.6 Å². The lowest BCUT2D eigenvalue weighted by molar-refractivity contribution is 0.800. The topological polar surface area (TPSA) is 69.7 Å². The third kappa shape index (κ3) is 2.29. The Kier molecular flexibility index (Phi) is 2.92. The standard InChI is InChI=1S/C15H16N6/c1-2-6-16-13(3-1)20-11-5-8-21(9-11)15-12-4-7-17-14(12)18-10-19-15/h1-4,6-7,10-11H,5,8-9H2,(H,16,20)(H,17,18,19). The second-order valence-electron chi connectivity index (χ2n) is 5.23. The predicted molar refractivity (Wildman–Crippen MR) is 82.4 cm³/mol. The molecule has 1 atom stereocenters. The molecule has 21 heavy (non-hydrogen) atoms. The number of aromatic amines is 1. The van der Waals surface area contributed by atoms with E-state index < -0.39 is 0 Å². The van der Waals surface area contributed by atoms with Gasteiger partial charge in [-0.15, -0.1) is 0 Å². The van der Waals surface area contributed by atoms with E-state index in [9.17, 15) is 0 Å². The summed E-state index contributed by atoms with van der Waals surface area (Å²) in [5, 5.41) is 4.56. The third-order valence-electron chi connectivity index (χ3n) is 3.84. The van der Waals surface area contributed by atoms with Gasteiger partial charge in [0.05, 0.1) is 5.39 Å². The van der Waals surface area contributed by atoms with E-state index in [2.05, 4.69) is 30.2 Å². The van der Waals surface area contributed by atoms with Gasteiger partial charge in [0, 0.05) is 31.5 Å². The molecule has 0 aliphatic carbocycles. The van der Waals surface area contributed by atoms with Crippen LogP contribution in [0.3, 0.4) is 0 Å². The summed E-state index contributed by atoms with van der Waals surface area (Å²) < 4.78 is 0. The van der Waals surface area contributed by atoms with Crippen molar-refractivity contribution in [2.75, 3.05) is 23.3 Å². The molecule has 3 aromatic heterocycles. The Morgan fingerprint density at radius 2 is 2.19 bits per heavy atom. The van der Waals surface area contributed by atoms with Crippen LogP contribution in [0, 0.1) is 0 Å². The van der Waals surface area contributed by atoms with Crippen molar-refractivity contribution in [2.45, 2.75) is 12.5 Å². The molecule has 1 fully saturated rings. The Hall–Kier alpha value is -2.63. The molecule has 1 unspecified atom stereocenters. The van der Waals surface area contributed by atoms with Crippen molar-refractivity contribution in [1.82, 2.24) is 19.9 Å². The fraction of sp³-hybridized carbons (Fsp3) is 0.267. The molecule has 1 saturated heterocycles. The predicted octanol–water partition coefficient (Wildman–Crippen LogP) is 2.04. The van der Waals surface area contributed by atoms with Gasteiger partial charge < -0.3 is 15.2 Å². The summed E-state index contributed by atoms with van der Waals surface area (Å²) in [6.45, 7) is 1.91. The average molecular weight is 280 g/mol. The van der Waals surface area contributed by atoms with Crippen LogP contribution in [0.1, 0.15) is 6.42 Å². The number of hydrogen-bond acceptors (Lipinski definition) is 5. The summed E-state index contributed by atoms with van der Waals surface area (Å²) in [7, 11) is 0. The lowest BCUT2D eigenvalue weighted by Gasteiger charge is -2.18. The van der Waals surface area contributed by atoms with E-state index in [4.69, 9.17) is 0 Å². The number of aromatic nitrogens is 4. The molecule has 2 N–H and O–H groups in total. The third-order valence-corrected chi connectivity index (χ3v) is 3.84. The molecule has 1 aliphatic rings. The highest BCUT2D eigenvalue weighted by Crippen LogP contribution is 2.26. The largest absolute Gasteiger partial charge is 0.365 e. The number of anilines is 2. The zero-order valence-electron chi connectivity index (χ0n) is 11.5. The van der Waals surface area contributed by atoms with E-state index in [0.29, 0.717) is 6.04 Å². The van der Waals surface area contributed by atoms with Crippen molar-refractivity contribution in [3.63, 3.8) is 0 Å². The van der Waals surface area contributed by atoms with Crippen LogP contribution in [0.15, 0.2) is 43.0 Å². The van der Waals surface area contributed by atoms with Gasteiger partial charge in [-0.05, 0) is 24.6 Å². The van der Waals surface area contributed by atoms with Gasteiger partial charge in [0.25, 0.3) is 0 Å². The molecule has 4 rings (SSSR count). The van der Waals surface area contributed by atoms with E-state index in [0.717, 1.165) is 42.2 Å². The van der Waals surface area contributed by atoms with Gasteiger partial charge in [-0.2, -0.15) is 0 Å². The highest BCUT2D eigenvalue weighted by atomic mass is 15.2. The van der Waals surface area contributed by atoms with E-state index in [1.807, 2.05) is 36.7 Å². The molecule has 0 amide bonds. The second-order valence-corrected chi connectivity index (χ2v) is 5.23. The van der Waals surface area contributed by atoms with Crippen LogP contribution in [0.5, 0.6) is 0 Å². The van der Waals surface area contributed by atoms with Crippen LogP contribution < -0.4 is 10.2 Å². The summed E-state index contributed by atoms with van der Waals surface area (Å²) in [6, 6.07) is 8.34. The van der Waals surface area contributed by atoms with E-state index in [1.54, 1.807) is 6.33 Å². The highest BCUT2D eigenvalue weighted by Gasteiger charge is 2.25. The molecule has 0 bridgehead atoms. The maximum atomic E-state index is 4.45. The van der Waals surface area contributed by atoms with E-state index in [1.165, 1.54) is 0 Å². The molecule has 3 aromatic rings. The maximum Gasteiger partial charge on any atom is 0.142 e. The zero-order chi connectivity index (χ0) is 14.1. The molecule has 0 saturated carbocycles. The summed E-state index contributed by atoms with van der Waals surface area (Å²) in [4.78, 5) is 18.5. The van der Waals surface area contributed by atoms with Gasteiger partial charge in [-0.1, -0.05) is 6.07 Å². The van der Waals surface area contributed by atoms with Gasteiger partial charge in [0.15, 0.2) is 0 Å². The molecule has 0 spiro atoms. The SMILES string of the molecule is c1ccc(NC2CCN(c3ncnc4[nH]ccc34)C2)nc1. The van der Waals surface area contributed by atoms with Crippen molar-refractivity contribution in [3.8, 4) is 0 Å². The Morgan fingerprint density at radius 1 is 1.19 bits per heavy atom. The normalized spacial score (nSPS) is 18.3. The molecule has 1 aliphatic heterocycles. The number of pyridine rings is 1. The number of rotatable bonds is 3. The van der Waals surface area contributed by atoms with Gasteiger partial charge in [-0.25, -0.2) is 15.0 Å². The quantitative estimate of drug-likeness (QED) is 0.768. The summed E-state index contributed by atoms with van der Waals surface area (Å²) in [5.41, 5.74) is 0.890. The fourth-order valence-corrected chi connectivity index (χ4v) is 2.84. The molecule has 0 aromatic carbocycles. The number of nitrogens with one attached hydrogen (secondary N) is 2. The summed E-state index contributed by atoms with van der Waals surface area (Å²) in [6.07, 6.45) is 6.41. The minimum atomic E-state index is 0.392. The Labute approximate surface area is 122 Å². The number of fused-ring (bicyclic) bond motifs is 1. The Morgan fingerprint density at radius 3 is 3.10 bits per heavy atom. The van der Waals surface area contributed by atoms with Crippen LogP contribution in [0.2, 0.25) is 0 Å². The van der Waals surface area contributed by atoms with Gasteiger partial charge in [0.2, 0.25) is 0 Å². The Bertz CT molecular complexity index is 738. The minimum Gasteiger partial charge on any atom is -0.365 e. The zero-order valence-corrected chi connectivity index (χ0v) is 11.5. The average Bonchev–Trinajstić information content (AvgIpc) is 3.16. The van der Waals surface area contributed by atoms with Crippen molar-refractivity contribution in [2.24, 2.45) is 0 Å². The van der Waals surface area contributed by atoms with E-state index >= 15 is 0 Å². The smallest absolute Gasteiger partial charge is 0.142 e. The van der Waals surface area contributed by atoms with Crippen molar-refractivity contribution in [1.29, 1.82) is 0 Å². The van der Waals surface area contributed by atoms with Crippen LogP contribution in [-0.4, -0.2) is 39.1 Å². The van der Waals surface area contributed by atoms with Crippen molar-refractivity contribution in [3.05, 3.63) is 43.0 Å². The monoisotopic (exact) mass is 280 g/mol. The first-order valence-electron chi connectivity index (χ1n) is 7.11. The lowest BCUT2D eigenvalue weighted by atomic mass is 10.2. The van der Waals surface area contributed by atoms with E-state index in [-0.39, 0.29) is 0 Å². The van der Waals surface area contributed by atoms with Crippen LogP contribution in [0.25, 0.3) is 11.0 Å². The summed E-state index contributed by atoms with van der Waals surface area (Å²) in [5.74, 6) is 1.94. The number of H-pyrrole nitrogens is 1. The maximum absolute atomic E-state index is 4.45. The van der Waals surface area contributed by atoms with Crippen LogP contribution in [0.4, 0.5) is 11.6 Å². The van der Waals surface area contributed by atoms with Crippen LogP contribution in [-0.2, 0) is 0 Å². The molecule has 4 heterocycles. The molecule has 6 nitrogen and oxygen atoms in total. The fourth-order valence-electron chi connectivity index (χ4n) is 2.84. The minimum absolute atomic E-state index is 0.392. The van der Waals surface area contributed by atoms with Gasteiger partial charge in [-0.3, -0.25) is 0 Å². The molecular weight excluding hydrogens is 264 g/mol. The summed E-state index contributed by atoms with van der Waals surface area (Å²) >= 11 is 0. The van der Waals surface area contributed by atoms with Crippen molar-refractivity contribution < 1.29 is 0 Å². The first-order chi connectivity index (χ1) is 10.4. The molecular formula is C15H16N6. The molecule has 106 valence electrons. The highest BCUT2D eigenvalue weighted by molar-refractivity contribution is 5.87. The number of hydrogen-bond donors (Lipinski definition) is 2. The van der Waals surface area contributed by atoms with Crippen molar-refractivity contribution >= 4 is 22.7 Å². The van der Waals surface area contributed by atoms with Gasteiger partial charge >= 0.3 is 0 Å². The molecule has 0 radical (unpaired) electrons.